The van der Waals surface area contributed by atoms with Crippen molar-refractivity contribution in [2.75, 3.05) is 19.6 Å². The summed E-state index contributed by atoms with van der Waals surface area (Å²) in [4.78, 5) is 12.5. The Morgan fingerprint density at radius 3 is 2.50 bits per heavy atom. The van der Waals surface area contributed by atoms with Crippen molar-refractivity contribution in [3.05, 3.63) is 35.9 Å². The average Bonchev–Trinajstić information content (AvgIpc) is 3.34. The third kappa shape index (κ3) is 3.37. The first kappa shape index (κ1) is 16.1. The third-order valence-corrected chi connectivity index (χ3v) is 6.79. The highest BCUT2D eigenvalue weighted by molar-refractivity contribution is 5.82. The molecule has 1 aromatic rings. The molecule has 0 bridgehead atoms. The molecular weight excluding hydrogens is 296 g/mol. The summed E-state index contributed by atoms with van der Waals surface area (Å²) in [5.41, 5.74) is 1.85. The fourth-order valence-corrected chi connectivity index (χ4v) is 4.99. The van der Waals surface area contributed by atoms with Crippen molar-refractivity contribution in [1.82, 2.24) is 10.6 Å². The molecule has 2 aliphatic carbocycles. The molecule has 1 amide bonds. The van der Waals surface area contributed by atoms with E-state index in [1.807, 2.05) is 0 Å². The molecule has 0 aromatic heterocycles. The van der Waals surface area contributed by atoms with Crippen molar-refractivity contribution in [3.63, 3.8) is 0 Å². The molecule has 3 nitrogen and oxygen atoms in total. The molecule has 3 fully saturated rings. The molecule has 130 valence electrons. The standard InChI is InChI=1S/C21H30N2O/c24-20(19-14-21(19)10-12-22-13-11-21)23-15-16-6-8-18(9-7-16)17-4-2-1-3-5-17/h1-5,16,18-19,22H,6-15H2,(H,23,24). The molecule has 1 unspecified atom stereocenters. The summed E-state index contributed by atoms with van der Waals surface area (Å²) in [5.74, 6) is 2.04. The minimum absolute atomic E-state index is 0.306. The van der Waals surface area contributed by atoms with Gasteiger partial charge in [0.2, 0.25) is 5.91 Å². The van der Waals surface area contributed by atoms with Crippen LogP contribution in [0, 0.1) is 17.3 Å². The van der Waals surface area contributed by atoms with Gasteiger partial charge in [0.05, 0.1) is 0 Å². The Morgan fingerprint density at radius 2 is 1.79 bits per heavy atom. The highest BCUT2D eigenvalue weighted by Gasteiger charge is 2.57. The van der Waals surface area contributed by atoms with E-state index in [0.717, 1.165) is 32.0 Å². The molecule has 1 heterocycles. The van der Waals surface area contributed by atoms with E-state index in [4.69, 9.17) is 0 Å². The zero-order valence-corrected chi connectivity index (χ0v) is 14.6. The van der Waals surface area contributed by atoms with Crippen molar-refractivity contribution < 1.29 is 4.79 Å². The van der Waals surface area contributed by atoms with Gasteiger partial charge in [-0.05, 0) is 80.8 Å². The van der Waals surface area contributed by atoms with Crippen LogP contribution in [0.3, 0.4) is 0 Å². The molecule has 3 heteroatoms. The Hall–Kier alpha value is -1.35. The van der Waals surface area contributed by atoms with Crippen molar-refractivity contribution in [2.45, 2.75) is 50.9 Å². The Labute approximate surface area is 145 Å². The van der Waals surface area contributed by atoms with Gasteiger partial charge in [0.15, 0.2) is 0 Å². The van der Waals surface area contributed by atoms with Crippen LogP contribution < -0.4 is 10.6 Å². The number of hydrogen-bond acceptors (Lipinski definition) is 2. The minimum atomic E-state index is 0.306. The number of carbonyl (C=O) groups is 1. The van der Waals surface area contributed by atoms with Crippen LogP contribution in [0.1, 0.15) is 56.4 Å². The van der Waals surface area contributed by atoms with Crippen molar-refractivity contribution in [1.29, 1.82) is 0 Å². The minimum Gasteiger partial charge on any atom is -0.356 e. The molecule has 2 saturated carbocycles. The lowest BCUT2D eigenvalue weighted by Crippen LogP contribution is -2.36. The van der Waals surface area contributed by atoms with Gasteiger partial charge >= 0.3 is 0 Å². The Morgan fingerprint density at radius 1 is 1.08 bits per heavy atom. The van der Waals surface area contributed by atoms with Crippen LogP contribution in [-0.4, -0.2) is 25.5 Å². The lowest BCUT2D eigenvalue weighted by molar-refractivity contribution is -0.123. The van der Waals surface area contributed by atoms with Gasteiger partial charge in [-0.25, -0.2) is 0 Å². The van der Waals surface area contributed by atoms with Gasteiger partial charge in [-0.2, -0.15) is 0 Å². The van der Waals surface area contributed by atoms with E-state index >= 15 is 0 Å². The van der Waals surface area contributed by atoms with Gasteiger partial charge in [0, 0.05) is 12.5 Å². The van der Waals surface area contributed by atoms with E-state index in [1.54, 1.807) is 0 Å². The number of rotatable bonds is 4. The number of piperidine rings is 1. The highest BCUT2D eigenvalue weighted by Crippen LogP contribution is 2.58. The molecule has 1 aliphatic heterocycles. The number of nitrogens with one attached hydrogen (secondary N) is 2. The Bertz CT molecular complexity index is 556. The number of hydrogen-bond donors (Lipinski definition) is 2. The fraction of sp³-hybridized carbons (Fsp3) is 0.667. The topological polar surface area (TPSA) is 41.1 Å². The fourth-order valence-electron chi connectivity index (χ4n) is 4.99. The van der Waals surface area contributed by atoms with Crippen LogP contribution in [0.15, 0.2) is 30.3 Å². The smallest absolute Gasteiger partial charge is 0.223 e. The summed E-state index contributed by atoms with van der Waals surface area (Å²) in [7, 11) is 0. The maximum absolute atomic E-state index is 12.5. The first-order valence-corrected chi connectivity index (χ1v) is 9.80. The molecule has 24 heavy (non-hydrogen) atoms. The van der Waals surface area contributed by atoms with Crippen molar-refractivity contribution >= 4 is 5.91 Å². The quantitative estimate of drug-likeness (QED) is 0.889. The first-order chi connectivity index (χ1) is 11.8. The van der Waals surface area contributed by atoms with Gasteiger partial charge in [0.1, 0.15) is 0 Å². The van der Waals surface area contributed by atoms with Crippen LogP contribution in [0.5, 0.6) is 0 Å². The molecule has 1 saturated heterocycles. The lowest BCUT2D eigenvalue weighted by atomic mass is 9.78. The van der Waals surface area contributed by atoms with E-state index in [0.29, 0.717) is 23.2 Å². The van der Waals surface area contributed by atoms with Crippen LogP contribution in [0.2, 0.25) is 0 Å². The normalized spacial score (nSPS) is 31.6. The number of benzene rings is 1. The second kappa shape index (κ2) is 6.87. The third-order valence-electron chi connectivity index (χ3n) is 6.79. The van der Waals surface area contributed by atoms with Gasteiger partial charge in [-0.1, -0.05) is 30.3 Å². The molecular formula is C21H30N2O. The molecule has 1 spiro atoms. The molecule has 1 aromatic carbocycles. The molecule has 1 atom stereocenters. The summed E-state index contributed by atoms with van der Waals surface area (Å²) in [6.45, 7) is 3.08. The second-order valence-corrected chi connectivity index (χ2v) is 8.24. The van der Waals surface area contributed by atoms with E-state index in [2.05, 4.69) is 41.0 Å². The summed E-state index contributed by atoms with van der Waals surface area (Å²) >= 11 is 0. The van der Waals surface area contributed by atoms with Crippen LogP contribution in [-0.2, 0) is 4.79 Å². The van der Waals surface area contributed by atoms with Crippen LogP contribution in [0.4, 0.5) is 0 Å². The van der Waals surface area contributed by atoms with Gasteiger partial charge in [-0.15, -0.1) is 0 Å². The zero-order valence-electron chi connectivity index (χ0n) is 14.6. The van der Waals surface area contributed by atoms with Crippen LogP contribution >= 0.6 is 0 Å². The zero-order chi connectivity index (χ0) is 16.4. The summed E-state index contributed by atoms with van der Waals surface area (Å²) in [6.07, 6.45) is 8.54. The monoisotopic (exact) mass is 326 g/mol. The molecule has 2 N–H and O–H groups in total. The SMILES string of the molecule is O=C(NCC1CCC(c2ccccc2)CC1)C1CC12CCNCC2. The van der Waals surface area contributed by atoms with E-state index < -0.39 is 0 Å². The second-order valence-electron chi connectivity index (χ2n) is 8.24. The first-order valence-electron chi connectivity index (χ1n) is 9.80. The maximum Gasteiger partial charge on any atom is 0.223 e. The van der Waals surface area contributed by atoms with Gasteiger partial charge in [0.25, 0.3) is 0 Å². The predicted molar refractivity (Wildman–Crippen MR) is 96.8 cm³/mol. The van der Waals surface area contributed by atoms with Gasteiger partial charge < -0.3 is 10.6 Å². The maximum atomic E-state index is 12.5. The number of amides is 1. The van der Waals surface area contributed by atoms with Gasteiger partial charge in [-0.3, -0.25) is 4.79 Å². The molecule has 3 aliphatic rings. The predicted octanol–water partition coefficient (Wildman–Crippen LogP) is 3.47. The molecule has 0 radical (unpaired) electrons. The highest BCUT2D eigenvalue weighted by atomic mass is 16.2. The van der Waals surface area contributed by atoms with Crippen molar-refractivity contribution in [3.8, 4) is 0 Å². The summed E-state index contributed by atoms with van der Waals surface area (Å²) in [5, 5.41) is 6.69. The summed E-state index contributed by atoms with van der Waals surface area (Å²) in [6, 6.07) is 10.9. The Balaban J connectivity index is 1.20. The van der Waals surface area contributed by atoms with Crippen molar-refractivity contribution in [2.24, 2.45) is 17.3 Å². The van der Waals surface area contributed by atoms with E-state index in [9.17, 15) is 4.79 Å². The average molecular weight is 326 g/mol. The lowest BCUT2D eigenvalue weighted by Gasteiger charge is -2.29. The van der Waals surface area contributed by atoms with E-state index in [1.165, 1.54) is 44.1 Å². The Kier molecular flexibility index (Phi) is 4.62. The molecule has 4 rings (SSSR count). The summed E-state index contributed by atoms with van der Waals surface area (Å²) < 4.78 is 0. The van der Waals surface area contributed by atoms with E-state index in [-0.39, 0.29) is 0 Å². The largest absolute Gasteiger partial charge is 0.356 e. The van der Waals surface area contributed by atoms with Crippen LogP contribution in [0.25, 0.3) is 0 Å². The number of carbonyl (C=O) groups excluding carboxylic acids is 1.